The lowest BCUT2D eigenvalue weighted by Crippen LogP contribution is -2.41. The molecule has 170 valence electrons. The Hall–Kier alpha value is -1.61. The first-order valence-electron chi connectivity index (χ1n) is 11.5. The molecule has 2 fully saturated rings. The summed E-state index contributed by atoms with van der Waals surface area (Å²) < 4.78 is 5.69. The number of aliphatic imine (C=N–C) groups is 1. The molecule has 0 aliphatic carbocycles. The molecule has 1 atom stereocenters. The zero-order valence-corrected chi connectivity index (χ0v) is 21.2. The van der Waals surface area contributed by atoms with Crippen LogP contribution in [0.2, 0.25) is 0 Å². The van der Waals surface area contributed by atoms with Crippen molar-refractivity contribution in [1.29, 1.82) is 0 Å². The lowest BCUT2D eigenvalue weighted by molar-refractivity contribution is 0.198. The average molecular weight is 537 g/mol. The number of nitrogens with zero attached hydrogens (tertiary/aromatic N) is 4. The first-order valence-corrected chi connectivity index (χ1v) is 11.5. The van der Waals surface area contributed by atoms with E-state index in [0.717, 1.165) is 42.8 Å². The molecule has 2 saturated heterocycles. The van der Waals surface area contributed by atoms with E-state index in [0.29, 0.717) is 12.4 Å². The van der Waals surface area contributed by atoms with E-state index < -0.39 is 0 Å². The maximum absolute atomic E-state index is 5.69. The highest BCUT2D eigenvalue weighted by molar-refractivity contribution is 14.0. The van der Waals surface area contributed by atoms with Crippen molar-refractivity contribution in [2.75, 3.05) is 39.3 Å². The Bertz CT molecular complexity index is 829. The highest BCUT2D eigenvalue weighted by Gasteiger charge is 2.27. The van der Waals surface area contributed by atoms with Gasteiger partial charge < -0.3 is 19.5 Å². The molecular formula is C24H36IN5O. The van der Waals surface area contributed by atoms with Gasteiger partial charge in [-0.1, -0.05) is 24.1 Å². The van der Waals surface area contributed by atoms with Crippen LogP contribution in [0.4, 0.5) is 0 Å². The number of likely N-dealkylation sites (tertiary alicyclic amines) is 2. The van der Waals surface area contributed by atoms with E-state index in [2.05, 4.69) is 46.1 Å². The van der Waals surface area contributed by atoms with Crippen molar-refractivity contribution < 1.29 is 4.42 Å². The summed E-state index contributed by atoms with van der Waals surface area (Å²) in [6.07, 6.45) is 7.11. The van der Waals surface area contributed by atoms with Crippen molar-refractivity contribution in [3.8, 4) is 11.5 Å². The van der Waals surface area contributed by atoms with Crippen LogP contribution in [0.25, 0.3) is 11.5 Å². The van der Waals surface area contributed by atoms with Gasteiger partial charge in [0.1, 0.15) is 12.0 Å². The van der Waals surface area contributed by atoms with E-state index in [1.165, 1.54) is 50.9 Å². The fraction of sp³-hybridized carbons (Fsp3) is 0.583. The van der Waals surface area contributed by atoms with E-state index in [-0.39, 0.29) is 24.0 Å². The van der Waals surface area contributed by atoms with Crippen molar-refractivity contribution in [2.24, 2.45) is 10.9 Å². The third kappa shape index (κ3) is 6.68. The Kier molecular flexibility index (Phi) is 9.19. The number of aryl methyl sites for hydroxylation is 1. The van der Waals surface area contributed by atoms with Gasteiger partial charge in [-0.25, -0.2) is 9.98 Å². The summed E-state index contributed by atoms with van der Waals surface area (Å²) in [5, 5.41) is 3.47. The summed E-state index contributed by atoms with van der Waals surface area (Å²) in [5.74, 6) is 2.40. The fourth-order valence-corrected chi connectivity index (χ4v) is 4.47. The van der Waals surface area contributed by atoms with Crippen molar-refractivity contribution >= 4 is 29.9 Å². The van der Waals surface area contributed by atoms with Crippen LogP contribution in [-0.4, -0.2) is 60.0 Å². The second kappa shape index (κ2) is 11.9. The van der Waals surface area contributed by atoms with Crippen molar-refractivity contribution in [1.82, 2.24) is 20.1 Å². The maximum atomic E-state index is 5.69. The summed E-state index contributed by atoms with van der Waals surface area (Å²) >= 11 is 0. The third-order valence-electron chi connectivity index (χ3n) is 6.13. The first-order chi connectivity index (χ1) is 14.7. The molecule has 6 nitrogen and oxygen atoms in total. The molecule has 2 aliphatic heterocycles. The largest absolute Gasteiger partial charge is 0.444 e. The van der Waals surface area contributed by atoms with Crippen molar-refractivity contribution in [3.05, 3.63) is 41.8 Å². The van der Waals surface area contributed by atoms with E-state index in [4.69, 9.17) is 9.41 Å². The van der Waals surface area contributed by atoms with Gasteiger partial charge in [-0.15, -0.1) is 24.0 Å². The van der Waals surface area contributed by atoms with Crippen LogP contribution in [0.3, 0.4) is 0 Å². The molecular weight excluding hydrogens is 501 g/mol. The van der Waals surface area contributed by atoms with E-state index in [1.54, 1.807) is 6.26 Å². The number of guanidine groups is 1. The van der Waals surface area contributed by atoms with Crippen LogP contribution < -0.4 is 5.32 Å². The van der Waals surface area contributed by atoms with Gasteiger partial charge >= 0.3 is 0 Å². The minimum Gasteiger partial charge on any atom is -0.444 e. The number of hydrogen-bond acceptors (Lipinski definition) is 4. The molecule has 2 aliphatic rings. The number of rotatable bonds is 6. The summed E-state index contributed by atoms with van der Waals surface area (Å²) in [7, 11) is 0. The van der Waals surface area contributed by atoms with Gasteiger partial charge in [0.2, 0.25) is 5.89 Å². The number of benzene rings is 1. The third-order valence-corrected chi connectivity index (χ3v) is 6.13. The quantitative estimate of drug-likeness (QED) is 0.333. The van der Waals surface area contributed by atoms with Crippen molar-refractivity contribution in [2.45, 2.75) is 46.1 Å². The first kappa shape index (κ1) is 24.0. The van der Waals surface area contributed by atoms with Crippen LogP contribution in [0, 0.1) is 12.8 Å². The van der Waals surface area contributed by atoms with Crippen molar-refractivity contribution in [3.63, 3.8) is 0 Å². The van der Waals surface area contributed by atoms with E-state index >= 15 is 0 Å². The normalized spacial score (nSPS) is 20.0. The van der Waals surface area contributed by atoms with Gasteiger partial charge in [0.25, 0.3) is 0 Å². The zero-order chi connectivity index (χ0) is 20.8. The molecule has 3 heterocycles. The lowest BCUT2D eigenvalue weighted by atomic mass is 10.1. The molecule has 4 rings (SSSR count). The number of aromatic nitrogens is 1. The van der Waals surface area contributed by atoms with Crippen LogP contribution in [-0.2, 0) is 6.54 Å². The number of oxazole rings is 1. The van der Waals surface area contributed by atoms with Gasteiger partial charge in [-0.2, -0.15) is 0 Å². The van der Waals surface area contributed by atoms with Crippen LogP contribution in [0.5, 0.6) is 0 Å². The smallest absolute Gasteiger partial charge is 0.226 e. The van der Waals surface area contributed by atoms with Gasteiger partial charge in [-0.05, 0) is 64.3 Å². The van der Waals surface area contributed by atoms with E-state index in [1.807, 2.05) is 12.1 Å². The molecule has 1 N–H and O–H groups in total. The summed E-state index contributed by atoms with van der Waals surface area (Å²) in [5.41, 5.74) is 3.10. The molecule has 31 heavy (non-hydrogen) atoms. The molecule has 0 saturated carbocycles. The second-order valence-electron chi connectivity index (χ2n) is 8.64. The molecule has 1 aromatic carbocycles. The van der Waals surface area contributed by atoms with Gasteiger partial charge in [0, 0.05) is 31.7 Å². The molecule has 7 heteroatoms. The fourth-order valence-electron chi connectivity index (χ4n) is 4.47. The molecule has 1 unspecified atom stereocenters. The monoisotopic (exact) mass is 537 g/mol. The molecule has 1 aromatic heterocycles. The average Bonchev–Trinajstić information content (AvgIpc) is 3.42. The zero-order valence-electron chi connectivity index (χ0n) is 18.8. The Labute approximate surface area is 203 Å². The predicted molar refractivity (Wildman–Crippen MR) is 137 cm³/mol. The number of nitrogens with one attached hydrogen (secondary N) is 1. The molecule has 2 aromatic rings. The maximum Gasteiger partial charge on any atom is 0.226 e. The number of halogens is 1. The van der Waals surface area contributed by atoms with Gasteiger partial charge in [-0.3, -0.25) is 0 Å². The highest BCUT2D eigenvalue weighted by Crippen LogP contribution is 2.21. The van der Waals surface area contributed by atoms with Crippen LogP contribution >= 0.6 is 24.0 Å². The minimum atomic E-state index is 0. The van der Waals surface area contributed by atoms with Gasteiger partial charge in [0.05, 0.1) is 6.54 Å². The Morgan fingerprint density at radius 1 is 1.16 bits per heavy atom. The minimum absolute atomic E-state index is 0. The summed E-state index contributed by atoms with van der Waals surface area (Å²) in [4.78, 5) is 14.6. The second-order valence-corrected chi connectivity index (χ2v) is 8.64. The Morgan fingerprint density at radius 2 is 1.94 bits per heavy atom. The molecule has 0 bridgehead atoms. The highest BCUT2D eigenvalue weighted by atomic mass is 127. The lowest BCUT2D eigenvalue weighted by Gasteiger charge is -2.29. The topological polar surface area (TPSA) is 56.9 Å². The van der Waals surface area contributed by atoms with Gasteiger partial charge in [0.15, 0.2) is 5.96 Å². The molecule has 0 radical (unpaired) electrons. The SMILES string of the molecule is CCNC(=NCc1coc(-c2ccc(C)cc2)n1)N1CCC(CN2CCCCC2)C1.I. The van der Waals surface area contributed by atoms with E-state index in [9.17, 15) is 0 Å². The number of hydrogen-bond donors (Lipinski definition) is 1. The predicted octanol–water partition coefficient (Wildman–Crippen LogP) is 4.54. The Morgan fingerprint density at radius 3 is 2.68 bits per heavy atom. The number of piperidine rings is 1. The standard InChI is InChI=1S/C24H35N5O.HI/c1-3-25-24(29-14-11-20(17-29)16-28-12-5-4-6-13-28)26-15-22-18-30-23(27-22)21-9-7-19(2)8-10-21;/h7-10,18,20H,3-6,11-17H2,1-2H3,(H,25,26);1H. The molecule has 0 amide bonds. The molecule has 0 spiro atoms. The summed E-state index contributed by atoms with van der Waals surface area (Å²) in [6, 6.07) is 8.25. The Balaban J connectivity index is 0.00000272. The van der Waals surface area contributed by atoms with Crippen LogP contribution in [0.1, 0.15) is 43.9 Å². The van der Waals surface area contributed by atoms with Crippen LogP contribution in [0.15, 0.2) is 39.9 Å². The summed E-state index contributed by atoms with van der Waals surface area (Å²) in [6.45, 7) is 11.6.